The Labute approximate surface area is 142 Å². The predicted octanol–water partition coefficient (Wildman–Crippen LogP) is 3.75. The van der Waals surface area contributed by atoms with Gasteiger partial charge >= 0.3 is 0 Å². The Morgan fingerprint density at radius 3 is 2.67 bits per heavy atom. The summed E-state index contributed by atoms with van der Waals surface area (Å²) in [5, 5.41) is 1.41. The summed E-state index contributed by atoms with van der Waals surface area (Å²) in [6.07, 6.45) is 1.14. The minimum atomic E-state index is 0.458. The summed E-state index contributed by atoms with van der Waals surface area (Å²) >= 11 is 0. The molecule has 0 bridgehead atoms. The van der Waals surface area contributed by atoms with Crippen LogP contribution in [-0.4, -0.2) is 41.6 Å². The molecule has 3 heterocycles. The molecular formula is C21H23N3. The van der Waals surface area contributed by atoms with Crippen LogP contribution in [-0.2, 0) is 6.42 Å². The van der Waals surface area contributed by atoms with E-state index in [9.17, 15) is 0 Å². The van der Waals surface area contributed by atoms with E-state index in [1.54, 1.807) is 0 Å². The highest BCUT2D eigenvalue weighted by Crippen LogP contribution is 2.44. The second-order valence-electron chi connectivity index (χ2n) is 7.27. The first-order valence-electron chi connectivity index (χ1n) is 8.88. The Balaban J connectivity index is 1.67. The Morgan fingerprint density at radius 1 is 1.00 bits per heavy atom. The van der Waals surface area contributed by atoms with Gasteiger partial charge in [-0.25, -0.2) is 0 Å². The summed E-state index contributed by atoms with van der Waals surface area (Å²) in [4.78, 5) is 8.88. The van der Waals surface area contributed by atoms with Crippen LogP contribution < -0.4 is 0 Å². The summed E-state index contributed by atoms with van der Waals surface area (Å²) in [5.74, 6) is 0.511. The molecule has 5 rings (SSSR count). The van der Waals surface area contributed by atoms with Gasteiger partial charge in [0.1, 0.15) is 0 Å². The zero-order valence-electron chi connectivity index (χ0n) is 14.1. The number of aromatic nitrogens is 1. The molecule has 2 atom stereocenters. The monoisotopic (exact) mass is 317 g/mol. The van der Waals surface area contributed by atoms with E-state index in [1.807, 2.05) is 0 Å². The van der Waals surface area contributed by atoms with Gasteiger partial charge in [0.2, 0.25) is 0 Å². The molecule has 0 saturated carbocycles. The molecule has 0 amide bonds. The number of hydrogen-bond donors (Lipinski definition) is 1. The topological polar surface area (TPSA) is 22.3 Å². The van der Waals surface area contributed by atoms with Crippen molar-refractivity contribution in [2.24, 2.45) is 0 Å². The second kappa shape index (κ2) is 5.47. The van der Waals surface area contributed by atoms with Gasteiger partial charge in [-0.05, 0) is 30.7 Å². The molecule has 1 N–H and O–H groups in total. The summed E-state index contributed by atoms with van der Waals surface area (Å²) in [6, 6.07) is 20.3. The van der Waals surface area contributed by atoms with Gasteiger partial charge in [0.05, 0.1) is 12.7 Å². The van der Waals surface area contributed by atoms with Crippen LogP contribution >= 0.6 is 0 Å². The fraction of sp³-hybridized carbons (Fsp3) is 0.333. The number of likely N-dealkylation sites (N-methyl/N-ethyl adjacent to an activating group) is 1. The zero-order chi connectivity index (χ0) is 16.1. The molecule has 2 aliphatic rings. The number of H-pyrrole nitrogens is 1. The molecule has 2 aliphatic heterocycles. The van der Waals surface area contributed by atoms with E-state index in [0.29, 0.717) is 12.0 Å². The first-order valence-corrected chi connectivity index (χ1v) is 8.88. The van der Waals surface area contributed by atoms with Gasteiger partial charge in [-0.15, -0.1) is 0 Å². The number of nitrogens with one attached hydrogen (secondary N) is 1. The Hall–Kier alpha value is -2.10. The smallest absolute Gasteiger partial charge is 0.0594 e. The van der Waals surface area contributed by atoms with Crippen LogP contribution in [0.3, 0.4) is 0 Å². The van der Waals surface area contributed by atoms with E-state index < -0.39 is 0 Å². The lowest BCUT2D eigenvalue weighted by Crippen LogP contribution is -2.51. The predicted molar refractivity (Wildman–Crippen MR) is 98.1 cm³/mol. The van der Waals surface area contributed by atoms with Crippen LogP contribution in [0, 0.1) is 0 Å². The summed E-state index contributed by atoms with van der Waals surface area (Å²) in [7, 11) is 2.24. The minimum absolute atomic E-state index is 0.458. The highest BCUT2D eigenvalue weighted by molar-refractivity contribution is 5.85. The molecule has 1 fully saturated rings. The van der Waals surface area contributed by atoms with E-state index in [1.165, 1.54) is 27.7 Å². The number of rotatable bonds is 1. The van der Waals surface area contributed by atoms with E-state index in [-0.39, 0.29) is 0 Å². The number of hydrogen-bond acceptors (Lipinski definition) is 2. The zero-order valence-corrected chi connectivity index (χ0v) is 14.1. The fourth-order valence-electron chi connectivity index (χ4n) is 4.73. The highest BCUT2D eigenvalue weighted by atomic mass is 15.3. The Kier molecular flexibility index (Phi) is 3.25. The molecule has 0 unspecified atom stereocenters. The van der Waals surface area contributed by atoms with Crippen molar-refractivity contribution in [3.05, 3.63) is 71.4 Å². The third kappa shape index (κ3) is 2.12. The third-order valence-corrected chi connectivity index (χ3v) is 5.73. The molecule has 3 nitrogen and oxygen atoms in total. The molecule has 3 heteroatoms. The largest absolute Gasteiger partial charge is 0.357 e. The Morgan fingerprint density at radius 2 is 1.79 bits per heavy atom. The SMILES string of the molecule is CN1C[C@@H](c2ccccc2)[C@H]2c3[nH]c4ccccc4c3CCN2C1. The van der Waals surface area contributed by atoms with Crippen LogP contribution in [0.4, 0.5) is 0 Å². The van der Waals surface area contributed by atoms with Crippen molar-refractivity contribution in [1.82, 2.24) is 14.8 Å². The van der Waals surface area contributed by atoms with Gasteiger partial charge in [-0.3, -0.25) is 9.80 Å². The van der Waals surface area contributed by atoms with Crippen molar-refractivity contribution >= 4 is 10.9 Å². The van der Waals surface area contributed by atoms with Crippen LogP contribution in [0.25, 0.3) is 10.9 Å². The summed E-state index contributed by atoms with van der Waals surface area (Å²) in [6.45, 7) is 3.32. The van der Waals surface area contributed by atoms with Gasteiger partial charge in [0, 0.05) is 35.6 Å². The molecule has 0 spiro atoms. The maximum absolute atomic E-state index is 3.77. The molecule has 1 aromatic heterocycles. The maximum atomic E-state index is 3.77. The van der Waals surface area contributed by atoms with Crippen molar-refractivity contribution in [2.45, 2.75) is 18.4 Å². The molecule has 3 aromatic rings. The molecule has 24 heavy (non-hydrogen) atoms. The standard InChI is InChI=1S/C21H23N3/c1-23-13-18(15-7-3-2-4-8-15)21-20-17(11-12-24(21)14-23)16-9-5-6-10-19(16)22-20/h2-10,18,21-22H,11-14H2,1H3/t18-,21-/m0/s1. The quantitative estimate of drug-likeness (QED) is 0.738. The highest BCUT2D eigenvalue weighted by Gasteiger charge is 2.40. The van der Waals surface area contributed by atoms with Crippen molar-refractivity contribution in [1.29, 1.82) is 0 Å². The van der Waals surface area contributed by atoms with Crippen molar-refractivity contribution in [2.75, 3.05) is 26.8 Å². The van der Waals surface area contributed by atoms with Crippen LogP contribution in [0.2, 0.25) is 0 Å². The summed E-state index contributed by atoms with van der Waals surface area (Å²) in [5.41, 5.74) is 5.72. The van der Waals surface area contributed by atoms with Crippen LogP contribution in [0.15, 0.2) is 54.6 Å². The van der Waals surface area contributed by atoms with E-state index >= 15 is 0 Å². The van der Waals surface area contributed by atoms with Gasteiger partial charge in [-0.1, -0.05) is 48.5 Å². The van der Waals surface area contributed by atoms with Crippen molar-refractivity contribution < 1.29 is 0 Å². The lowest BCUT2D eigenvalue weighted by molar-refractivity contribution is 0.0285. The minimum Gasteiger partial charge on any atom is -0.357 e. The lowest BCUT2D eigenvalue weighted by Gasteiger charge is -2.47. The van der Waals surface area contributed by atoms with Gasteiger partial charge in [0.15, 0.2) is 0 Å². The lowest BCUT2D eigenvalue weighted by atomic mass is 9.82. The van der Waals surface area contributed by atoms with Gasteiger partial charge in [0.25, 0.3) is 0 Å². The molecule has 122 valence electrons. The molecular weight excluding hydrogens is 294 g/mol. The molecule has 2 aromatic carbocycles. The molecule has 0 radical (unpaired) electrons. The van der Waals surface area contributed by atoms with E-state index in [4.69, 9.17) is 0 Å². The number of nitrogens with zero attached hydrogens (tertiary/aromatic N) is 2. The summed E-state index contributed by atoms with van der Waals surface area (Å²) < 4.78 is 0. The van der Waals surface area contributed by atoms with Crippen molar-refractivity contribution in [3.8, 4) is 0 Å². The average Bonchev–Trinajstić information content (AvgIpc) is 3.00. The number of fused-ring (bicyclic) bond motifs is 5. The molecule has 1 saturated heterocycles. The van der Waals surface area contributed by atoms with Gasteiger partial charge < -0.3 is 4.98 Å². The third-order valence-electron chi connectivity index (χ3n) is 5.73. The normalized spacial score (nSPS) is 24.7. The average molecular weight is 317 g/mol. The second-order valence-corrected chi connectivity index (χ2v) is 7.27. The Bertz CT molecular complexity index is 867. The van der Waals surface area contributed by atoms with Gasteiger partial charge in [-0.2, -0.15) is 0 Å². The maximum Gasteiger partial charge on any atom is 0.0594 e. The van der Waals surface area contributed by atoms with E-state index in [0.717, 1.165) is 26.2 Å². The van der Waals surface area contributed by atoms with Crippen molar-refractivity contribution in [3.63, 3.8) is 0 Å². The van der Waals surface area contributed by atoms with E-state index in [2.05, 4.69) is 76.4 Å². The van der Waals surface area contributed by atoms with Crippen LogP contribution in [0.5, 0.6) is 0 Å². The molecule has 0 aliphatic carbocycles. The first kappa shape index (κ1) is 14.3. The fourth-order valence-corrected chi connectivity index (χ4v) is 4.73. The number of benzene rings is 2. The first-order chi connectivity index (χ1) is 11.8. The number of para-hydroxylation sites is 1. The number of aromatic amines is 1. The van der Waals surface area contributed by atoms with Crippen LogP contribution in [0.1, 0.15) is 28.8 Å².